The van der Waals surface area contributed by atoms with Gasteiger partial charge in [-0.1, -0.05) is 30.3 Å². The topological polar surface area (TPSA) is 69.6 Å². The van der Waals surface area contributed by atoms with E-state index in [1.807, 2.05) is 30.3 Å². The Morgan fingerprint density at radius 2 is 1.72 bits per heavy atom. The van der Waals surface area contributed by atoms with Crippen molar-refractivity contribution >= 4 is 17.7 Å². The number of urea groups is 1. The molecule has 0 saturated carbocycles. The second-order valence-electron chi connectivity index (χ2n) is 5.75. The zero-order valence-corrected chi connectivity index (χ0v) is 13.8. The van der Waals surface area contributed by atoms with Gasteiger partial charge in [0.05, 0.1) is 11.3 Å². The number of benzene rings is 2. The highest BCUT2D eigenvalue weighted by Gasteiger charge is 2.21. The maximum Gasteiger partial charge on any atom is 0.337 e. The molecule has 0 bridgehead atoms. The molecule has 132 valence electrons. The minimum Gasteiger partial charge on any atom is -0.478 e. The maximum absolute atomic E-state index is 13.4. The molecule has 0 aliphatic carbocycles. The van der Waals surface area contributed by atoms with E-state index in [0.717, 1.165) is 5.56 Å². The molecule has 0 saturated heterocycles. The monoisotopic (exact) mass is 348 g/mol. The minimum atomic E-state index is -1.46. The number of nitrogens with zero attached hydrogens (tertiary/aromatic N) is 1. The van der Waals surface area contributed by atoms with Crippen LogP contribution in [-0.4, -0.2) is 28.0 Å². The molecule has 2 N–H and O–H groups in total. The van der Waals surface area contributed by atoms with E-state index in [0.29, 0.717) is 12.1 Å². The van der Waals surface area contributed by atoms with Crippen LogP contribution < -0.4 is 5.32 Å². The predicted octanol–water partition coefficient (Wildman–Crippen LogP) is 4.11. The number of carboxylic acids is 1. The molecule has 0 atom stereocenters. The first-order valence-corrected chi connectivity index (χ1v) is 7.63. The van der Waals surface area contributed by atoms with Crippen LogP contribution in [0.15, 0.2) is 42.5 Å². The van der Waals surface area contributed by atoms with Crippen LogP contribution in [0.3, 0.4) is 0 Å². The Morgan fingerprint density at radius 1 is 1.12 bits per heavy atom. The number of amides is 2. The van der Waals surface area contributed by atoms with Crippen molar-refractivity contribution in [2.45, 2.75) is 26.4 Å². The summed E-state index contributed by atoms with van der Waals surface area (Å²) >= 11 is 0. The fraction of sp³-hybridized carbons (Fsp3) is 0.222. The van der Waals surface area contributed by atoms with Crippen molar-refractivity contribution in [3.63, 3.8) is 0 Å². The van der Waals surface area contributed by atoms with Crippen LogP contribution >= 0.6 is 0 Å². The Morgan fingerprint density at radius 3 is 2.28 bits per heavy atom. The highest BCUT2D eigenvalue weighted by atomic mass is 19.2. The highest BCUT2D eigenvalue weighted by Crippen LogP contribution is 2.21. The fourth-order valence-corrected chi connectivity index (χ4v) is 2.28. The summed E-state index contributed by atoms with van der Waals surface area (Å²) < 4.78 is 26.7. The van der Waals surface area contributed by atoms with Crippen molar-refractivity contribution < 1.29 is 23.5 Å². The normalized spacial score (nSPS) is 10.6. The molecule has 0 unspecified atom stereocenters. The Hall–Kier alpha value is -2.96. The van der Waals surface area contributed by atoms with Gasteiger partial charge in [0.15, 0.2) is 11.6 Å². The van der Waals surface area contributed by atoms with Gasteiger partial charge in [-0.05, 0) is 25.5 Å². The molecular formula is C18H18F2N2O3. The second kappa shape index (κ2) is 7.74. The van der Waals surface area contributed by atoms with E-state index in [9.17, 15) is 18.4 Å². The van der Waals surface area contributed by atoms with Gasteiger partial charge in [-0.2, -0.15) is 0 Å². The van der Waals surface area contributed by atoms with Crippen molar-refractivity contribution in [2.24, 2.45) is 0 Å². The van der Waals surface area contributed by atoms with Gasteiger partial charge in [0, 0.05) is 18.7 Å². The molecule has 0 heterocycles. The number of nitrogens with one attached hydrogen (secondary N) is 1. The summed E-state index contributed by atoms with van der Waals surface area (Å²) in [5, 5.41) is 11.5. The zero-order valence-electron chi connectivity index (χ0n) is 13.8. The van der Waals surface area contributed by atoms with E-state index in [1.54, 1.807) is 13.8 Å². The molecule has 2 amide bonds. The number of carboxylic acid groups (broad SMARTS) is 1. The number of carbonyl (C=O) groups is 2. The van der Waals surface area contributed by atoms with Crippen molar-refractivity contribution in [1.29, 1.82) is 0 Å². The lowest BCUT2D eigenvalue weighted by Gasteiger charge is -2.27. The molecule has 0 aromatic heterocycles. The van der Waals surface area contributed by atoms with Crippen molar-refractivity contribution in [1.82, 2.24) is 4.90 Å². The molecule has 2 aromatic rings. The molecular weight excluding hydrogens is 330 g/mol. The summed E-state index contributed by atoms with van der Waals surface area (Å²) in [7, 11) is 0. The van der Waals surface area contributed by atoms with Crippen molar-refractivity contribution in [3.05, 3.63) is 65.2 Å². The largest absolute Gasteiger partial charge is 0.478 e. The molecule has 0 aliphatic rings. The number of hydrogen-bond acceptors (Lipinski definition) is 2. The lowest BCUT2D eigenvalue weighted by molar-refractivity contribution is 0.0697. The first-order valence-electron chi connectivity index (χ1n) is 7.63. The van der Waals surface area contributed by atoms with Gasteiger partial charge in [0.25, 0.3) is 0 Å². The molecule has 5 nitrogen and oxygen atoms in total. The van der Waals surface area contributed by atoms with Crippen LogP contribution in [0.5, 0.6) is 0 Å². The van der Waals surface area contributed by atoms with E-state index in [-0.39, 0.29) is 18.3 Å². The number of aromatic carboxylic acids is 1. The van der Waals surface area contributed by atoms with Crippen molar-refractivity contribution in [2.75, 3.05) is 5.32 Å². The van der Waals surface area contributed by atoms with E-state index < -0.39 is 29.2 Å². The van der Waals surface area contributed by atoms with Gasteiger partial charge in [-0.15, -0.1) is 0 Å². The number of anilines is 1. The molecule has 0 aliphatic heterocycles. The first kappa shape index (κ1) is 18.4. The smallest absolute Gasteiger partial charge is 0.337 e. The Bertz CT molecular complexity index is 779. The third-order valence-corrected chi connectivity index (χ3v) is 3.61. The molecule has 2 rings (SSSR count). The van der Waals surface area contributed by atoms with E-state index in [1.165, 1.54) is 4.90 Å². The SMILES string of the molecule is CC(C)N(Cc1ccccc1)C(=O)Nc1cc(F)c(F)cc1C(=O)O. The lowest BCUT2D eigenvalue weighted by Crippen LogP contribution is -2.39. The summed E-state index contributed by atoms with van der Waals surface area (Å²) in [6.45, 7) is 3.88. The molecule has 2 aromatic carbocycles. The Balaban J connectivity index is 2.27. The van der Waals surface area contributed by atoms with Gasteiger partial charge in [-0.25, -0.2) is 18.4 Å². The predicted molar refractivity (Wildman–Crippen MR) is 89.5 cm³/mol. The molecule has 25 heavy (non-hydrogen) atoms. The second-order valence-corrected chi connectivity index (χ2v) is 5.75. The summed E-state index contributed by atoms with van der Waals surface area (Å²) in [4.78, 5) is 25.2. The lowest BCUT2D eigenvalue weighted by atomic mass is 10.1. The molecule has 0 radical (unpaired) electrons. The van der Waals surface area contributed by atoms with E-state index in [2.05, 4.69) is 5.32 Å². The summed E-state index contributed by atoms with van der Waals surface area (Å²) in [5.74, 6) is -3.99. The summed E-state index contributed by atoms with van der Waals surface area (Å²) in [5.41, 5.74) is 0.0703. The third-order valence-electron chi connectivity index (χ3n) is 3.61. The average Bonchev–Trinajstić information content (AvgIpc) is 2.56. The third kappa shape index (κ3) is 4.53. The number of rotatable bonds is 5. The van der Waals surface area contributed by atoms with Gasteiger partial charge in [0.1, 0.15) is 0 Å². The fourth-order valence-electron chi connectivity index (χ4n) is 2.28. The van der Waals surface area contributed by atoms with Crippen LogP contribution in [0, 0.1) is 11.6 Å². The average molecular weight is 348 g/mol. The summed E-state index contributed by atoms with van der Waals surface area (Å²) in [6.07, 6.45) is 0. The number of hydrogen-bond donors (Lipinski definition) is 2. The molecule has 0 spiro atoms. The van der Waals surface area contributed by atoms with Crippen LogP contribution in [-0.2, 0) is 6.54 Å². The summed E-state index contributed by atoms with van der Waals surface area (Å²) in [6, 6.07) is 9.64. The zero-order chi connectivity index (χ0) is 18.6. The van der Waals surface area contributed by atoms with E-state index in [4.69, 9.17) is 5.11 Å². The number of halogens is 2. The van der Waals surface area contributed by atoms with E-state index >= 15 is 0 Å². The Labute approximate surface area is 143 Å². The quantitative estimate of drug-likeness (QED) is 0.854. The van der Waals surface area contributed by atoms with Gasteiger partial charge < -0.3 is 15.3 Å². The van der Waals surface area contributed by atoms with Crippen LogP contribution in [0.1, 0.15) is 29.8 Å². The van der Waals surface area contributed by atoms with Crippen molar-refractivity contribution in [3.8, 4) is 0 Å². The molecule has 0 fully saturated rings. The minimum absolute atomic E-state index is 0.196. The Kier molecular flexibility index (Phi) is 5.69. The standard InChI is InChI=1S/C18H18F2N2O3/c1-11(2)22(10-12-6-4-3-5-7-12)18(25)21-16-9-15(20)14(19)8-13(16)17(23)24/h3-9,11H,10H2,1-2H3,(H,21,25)(H,23,24). The van der Waals surface area contributed by atoms with Crippen LogP contribution in [0.4, 0.5) is 19.3 Å². The van der Waals surface area contributed by atoms with Crippen LogP contribution in [0.25, 0.3) is 0 Å². The van der Waals surface area contributed by atoms with Gasteiger partial charge in [0.2, 0.25) is 0 Å². The number of carbonyl (C=O) groups excluding carboxylic acids is 1. The van der Waals surface area contributed by atoms with Crippen LogP contribution in [0.2, 0.25) is 0 Å². The highest BCUT2D eigenvalue weighted by molar-refractivity contribution is 6.00. The van der Waals surface area contributed by atoms with Gasteiger partial charge >= 0.3 is 12.0 Å². The maximum atomic E-state index is 13.4. The molecule has 7 heteroatoms. The first-order chi connectivity index (χ1) is 11.8. The van der Waals surface area contributed by atoms with Gasteiger partial charge in [-0.3, -0.25) is 0 Å².